The molecular formula is C15H26O2. The Morgan fingerprint density at radius 3 is 2.24 bits per heavy atom. The van der Waals surface area contributed by atoms with E-state index >= 15 is 0 Å². The molecule has 2 fully saturated rings. The van der Waals surface area contributed by atoms with Gasteiger partial charge >= 0.3 is 0 Å². The molecule has 2 rings (SSSR count). The Hall–Kier alpha value is -0.340. The van der Waals surface area contributed by atoms with E-state index < -0.39 is 0 Å². The van der Waals surface area contributed by atoms with Gasteiger partial charge in [0.25, 0.3) is 0 Å². The van der Waals surface area contributed by atoms with Crippen LogP contribution in [0.4, 0.5) is 0 Å². The summed E-state index contributed by atoms with van der Waals surface area (Å²) in [6, 6.07) is 0. The molecule has 0 aromatic heterocycles. The van der Waals surface area contributed by atoms with Crippen molar-refractivity contribution in [3.63, 3.8) is 0 Å². The predicted molar refractivity (Wildman–Crippen MR) is 69.7 cm³/mol. The monoisotopic (exact) mass is 238 g/mol. The van der Waals surface area contributed by atoms with Gasteiger partial charge in [0.05, 0.1) is 12.2 Å². The molecule has 0 aromatic carbocycles. The highest BCUT2D eigenvalue weighted by molar-refractivity contribution is 4.99. The molecule has 98 valence electrons. The summed E-state index contributed by atoms with van der Waals surface area (Å²) >= 11 is 0. The van der Waals surface area contributed by atoms with Crippen LogP contribution in [0.1, 0.15) is 57.8 Å². The minimum Gasteiger partial charge on any atom is -0.393 e. The van der Waals surface area contributed by atoms with Crippen molar-refractivity contribution in [1.29, 1.82) is 0 Å². The van der Waals surface area contributed by atoms with Crippen molar-refractivity contribution >= 4 is 0 Å². The van der Waals surface area contributed by atoms with E-state index in [0.29, 0.717) is 5.92 Å². The summed E-state index contributed by atoms with van der Waals surface area (Å²) in [5.74, 6) is 0.739. The minimum atomic E-state index is -0.288. The maximum absolute atomic E-state index is 10.1. The van der Waals surface area contributed by atoms with E-state index in [9.17, 15) is 10.2 Å². The van der Waals surface area contributed by atoms with E-state index in [2.05, 4.69) is 6.08 Å². The van der Waals surface area contributed by atoms with Gasteiger partial charge in [-0.15, -0.1) is 0 Å². The van der Waals surface area contributed by atoms with Gasteiger partial charge < -0.3 is 10.2 Å². The van der Waals surface area contributed by atoms with E-state index in [-0.39, 0.29) is 18.1 Å². The second-order valence-corrected chi connectivity index (χ2v) is 5.79. The molecule has 17 heavy (non-hydrogen) atoms. The lowest BCUT2D eigenvalue weighted by Gasteiger charge is -2.27. The fraction of sp³-hybridized carbons (Fsp3) is 0.867. The van der Waals surface area contributed by atoms with Gasteiger partial charge in [0, 0.05) is 5.92 Å². The first-order chi connectivity index (χ1) is 8.27. The second kappa shape index (κ2) is 6.55. The van der Waals surface area contributed by atoms with Crippen molar-refractivity contribution in [1.82, 2.24) is 0 Å². The Balaban J connectivity index is 1.81. The van der Waals surface area contributed by atoms with Crippen LogP contribution >= 0.6 is 0 Å². The fourth-order valence-corrected chi connectivity index (χ4v) is 3.25. The Bertz CT molecular complexity index is 243. The molecule has 3 unspecified atom stereocenters. The van der Waals surface area contributed by atoms with Crippen LogP contribution in [-0.4, -0.2) is 22.4 Å². The molecule has 0 bridgehead atoms. The van der Waals surface area contributed by atoms with Crippen molar-refractivity contribution in [2.75, 3.05) is 0 Å². The zero-order valence-corrected chi connectivity index (χ0v) is 10.7. The molecule has 0 spiro atoms. The number of hydrogen-bond acceptors (Lipinski definition) is 2. The molecule has 0 amide bonds. The summed E-state index contributed by atoms with van der Waals surface area (Å²) in [7, 11) is 0. The third-order valence-electron chi connectivity index (χ3n) is 4.47. The Kier molecular flexibility index (Phi) is 5.05. The highest BCUT2D eigenvalue weighted by atomic mass is 16.3. The van der Waals surface area contributed by atoms with Crippen LogP contribution in [0.2, 0.25) is 0 Å². The lowest BCUT2D eigenvalue weighted by atomic mass is 9.83. The molecule has 0 saturated heterocycles. The van der Waals surface area contributed by atoms with E-state index in [1.54, 1.807) is 0 Å². The van der Waals surface area contributed by atoms with Gasteiger partial charge in [0.2, 0.25) is 0 Å². The summed E-state index contributed by atoms with van der Waals surface area (Å²) in [5.41, 5.74) is 0. The van der Waals surface area contributed by atoms with E-state index in [1.807, 2.05) is 6.08 Å². The maximum Gasteiger partial charge on any atom is 0.0749 e. The first-order valence-electron chi connectivity index (χ1n) is 7.32. The summed E-state index contributed by atoms with van der Waals surface area (Å²) in [4.78, 5) is 0. The van der Waals surface area contributed by atoms with Crippen molar-refractivity contribution in [2.24, 2.45) is 11.8 Å². The van der Waals surface area contributed by atoms with Crippen LogP contribution in [0.5, 0.6) is 0 Å². The maximum atomic E-state index is 10.1. The summed E-state index contributed by atoms with van der Waals surface area (Å²) in [6.07, 6.45) is 14.1. The average Bonchev–Trinajstić information content (AvgIpc) is 2.38. The van der Waals surface area contributed by atoms with Gasteiger partial charge in [-0.05, 0) is 31.6 Å². The Morgan fingerprint density at radius 2 is 1.53 bits per heavy atom. The number of aliphatic hydroxyl groups excluding tert-OH is 2. The molecule has 2 aliphatic rings. The van der Waals surface area contributed by atoms with E-state index in [1.165, 1.54) is 38.5 Å². The number of hydrogen-bond donors (Lipinski definition) is 2. The van der Waals surface area contributed by atoms with Gasteiger partial charge in [-0.3, -0.25) is 0 Å². The Labute approximate surface area is 105 Å². The smallest absolute Gasteiger partial charge is 0.0749 e. The lowest BCUT2D eigenvalue weighted by molar-refractivity contribution is 0.0900. The molecule has 0 aromatic rings. The standard InChI is InChI=1S/C15H26O2/c16-14-9-5-4-8-13(14)10-11-15(17)12-6-2-1-3-7-12/h10-17H,1-9H2/b11-10+. The van der Waals surface area contributed by atoms with Crippen LogP contribution in [0.25, 0.3) is 0 Å². The van der Waals surface area contributed by atoms with Gasteiger partial charge in [-0.1, -0.05) is 44.3 Å². The molecule has 2 N–H and O–H groups in total. The first kappa shape index (κ1) is 13.1. The van der Waals surface area contributed by atoms with Crippen LogP contribution in [0.15, 0.2) is 12.2 Å². The van der Waals surface area contributed by atoms with Crippen LogP contribution in [-0.2, 0) is 0 Å². The summed E-state index contributed by atoms with van der Waals surface area (Å²) in [5, 5.41) is 20.0. The molecule has 0 heterocycles. The molecule has 2 nitrogen and oxygen atoms in total. The highest BCUT2D eigenvalue weighted by Gasteiger charge is 2.23. The number of aliphatic hydroxyl groups is 2. The topological polar surface area (TPSA) is 40.5 Å². The number of rotatable bonds is 3. The van der Waals surface area contributed by atoms with Crippen molar-refractivity contribution in [3.8, 4) is 0 Å². The quantitative estimate of drug-likeness (QED) is 0.742. The SMILES string of the molecule is OC(/C=C/C1CCCCC1O)C1CCCCC1. The van der Waals surface area contributed by atoms with Crippen molar-refractivity contribution in [3.05, 3.63) is 12.2 Å². The third kappa shape index (κ3) is 3.82. The van der Waals surface area contributed by atoms with Gasteiger partial charge in [0.15, 0.2) is 0 Å². The normalized spacial score (nSPS) is 34.0. The fourth-order valence-electron chi connectivity index (χ4n) is 3.25. The first-order valence-corrected chi connectivity index (χ1v) is 7.32. The average molecular weight is 238 g/mol. The zero-order valence-electron chi connectivity index (χ0n) is 10.7. The summed E-state index contributed by atoms with van der Waals surface area (Å²) in [6.45, 7) is 0. The molecule has 2 aliphatic carbocycles. The largest absolute Gasteiger partial charge is 0.393 e. The zero-order chi connectivity index (χ0) is 12.1. The highest BCUT2D eigenvalue weighted by Crippen LogP contribution is 2.29. The predicted octanol–water partition coefficient (Wildman–Crippen LogP) is 3.03. The molecule has 2 saturated carbocycles. The summed E-state index contributed by atoms with van der Waals surface area (Å²) < 4.78 is 0. The van der Waals surface area contributed by atoms with Gasteiger partial charge in [-0.25, -0.2) is 0 Å². The molecule has 0 radical (unpaired) electrons. The van der Waals surface area contributed by atoms with Gasteiger partial charge in [0.1, 0.15) is 0 Å². The van der Waals surface area contributed by atoms with E-state index in [4.69, 9.17) is 0 Å². The molecule has 3 atom stereocenters. The van der Waals surface area contributed by atoms with Gasteiger partial charge in [-0.2, -0.15) is 0 Å². The molecule has 0 aliphatic heterocycles. The third-order valence-corrected chi connectivity index (χ3v) is 4.47. The van der Waals surface area contributed by atoms with Crippen molar-refractivity contribution in [2.45, 2.75) is 70.0 Å². The van der Waals surface area contributed by atoms with E-state index in [0.717, 1.165) is 19.3 Å². The van der Waals surface area contributed by atoms with Crippen LogP contribution in [0.3, 0.4) is 0 Å². The molecule has 2 heteroatoms. The van der Waals surface area contributed by atoms with Crippen LogP contribution in [0, 0.1) is 11.8 Å². The van der Waals surface area contributed by atoms with Crippen LogP contribution < -0.4 is 0 Å². The van der Waals surface area contributed by atoms with Crippen molar-refractivity contribution < 1.29 is 10.2 Å². The second-order valence-electron chi connectivity index (χ2n) is 5.79. The minimum absolute atomic E-state index is 0.182. The Morgan fingerprint density at radius 1 is 0.882 bits per heavy atom. The lowest BCUT2D eigenvalue weighted by Crippen LogP contribution is -2.24. The molecular weight excluding hydrogens is 212 g/mol.